The van der Waals surface area contributed by atoms with Gasteiger partial charge in [-0.2, -0.15) is 0 Å². The molecule has 1 fully saturated rings. The molecule has 1 heterocycles. The van der Waals surface area contributed by atoms with E-state index in [0.29, 0.717) is 0 Å². The quantitative estimate of drug-likeness (QED) is 0.811. The molecule has 2 nitrogen and oxygen atoms in total. The van der Waals surface area contributed by atoms with E-state index in [1.165, 1.54) is 50.0 Å². The summed E-state index contributed by atoms with van der Waals surface area (Å²) >= 11 is 0. The number of methoxy groups -OCH3 is 1. The molecule has 0 spiro atoms. The van der Waals surface area contributed by atoms with Crippen LogP contribution < -0.4 is 4.74 Å². The predicted octanol–water partition coefficient (Wildman–Crippen LogP) is 3.07. The van der Waals surface area contributed by atoms with Crippen molar-refractivity contribution in [2.24, 2.45) is 5.92 Å². The zero-order chi connectivity index (χ0) is 12.5. The lowest BCUT2D eigenvalue weighted by Gasteiger charge is -2.35. The highest BCUT2D eigenvalue weighted by Gasteiger charge is 2.38. The van der Waals surface area contributed by atoms with Crippen LogP contribution in [0.15, 0.2) is 18.2 Å². The fraction of sp³-hybridized carbons (Fsp3) is 0.625. The van der Waals surface area contributed by atoms with Crippen LogP contribution in [0.2, 0.25) is 0 Å². The molecule has 0 bridgehead atoms. The van der Waals surface area contributed by atoms with Crippen LogP contribution in [0, 0.1) is 5.92 Å². The van der Waals surface area contributed by atoms with E-state index in [-0.39, 0.29) is 0 Å². The second-order valence-electron chi connectivity index (χ2n) is 5.69. The molecule has 2 aliphatic rings. The third kappa shape index (κ3) is 1.93. The summed E-state index contributed by atoms with van der Waals surface area (Å²) in [6.07, 6.45) is 3.82. The SMILES string of the molecule is CCCN1CC[C@@H]2c3c(cccc3OC)C[C@@H]2C1. The fourth-order valence-electron chi connectivity index (χ4n) is 3.86. The van der Waals surface area contributed by atoms with Gasteiger partial charge in [0.25, 0.3) is 0 Å². The first kappa shape index (κ1) is 12.0. The molecule has 1 aliphatic carbocycles. The van der Waals surface area contributed by atoms with Gasteiger partial charge in [0, 0.05) is 12.1 Å². The van der Waals surface area contributed by atoms with Crippen molar-refractivity contribution in [3.8, 4) is 5.75 Å². The van der Waals surface area contributed by atoms with Gasteiger partial charge in [0.15, 0.2) is 0 Å². The summed E-state index contributed by atoms with van der Waals surface area (Å²) < 4.78 is 5.57. The van der Waals surface area contributed by atoms with Crippen molar-refractivity contribution in [1.82, 2.24) is 4.90 Å². The van der Waals surface area contributed by atoms with Gasteiger partial charge in [0.2, 0.25) is 0 Å². The van der Waals surface area contributed by atoms with Crippen LogP contribution in [-0.2, 0) is 6.42 Å². The van der Waals surface area contributed by atoms with Crippen LogP contribution in [0.5, 0.6) is 5.75 Å². The number of likely N-dealkylation sites (tertiary alicyclic amines) is 1. The third-order valence-corrected chi connectivity index (χ3v) is 4.59. The molecule has 0 radical (unpaired) electrons. The first-order valence-electron chi connectivity index (χ1n) is 7.21. The average molecular weight is 245 g/mol. The Labute approximate surface area is 110 Å². The molecule has 2 heteroatoms. The molecular formula is C16H23NO. The number of nitrogens with zero attached hydrogens (tertiary/aromatic N) is 1. The van der Waals surface area contributed by atoms with Gasteiger partial charge in [-0.25, -0.2) is 0 Å². The highest BCUT2D eigenvalue weighted by molar-refractivity contribution is 5.47. The Kier molecular flexibility index (Phi) is 3.29. The topological polar surface area (TPSA) is 12.5 Å². The summed E-state index contributed by atoms with van der Waals surface area (Å²) in [6, 6.07) is 6.55. The monoisotopic (exact) mass is 245 g/mol. The van der Waals surface area contributed by atoms with Crippen LogP contribution in [0.4, 0.5) is 0 Å². The van der Waals surface area contributed by atoms with Crippen LogP contribution in [0.1, 0.15) is 36.8 Å². The molecule has 1 aromatic rings. The molecule has 0 N–H and O–H groups in total. The van der Waals surface area contributed by atoms with Gasteiger partial charge in [0.05, 0.1) is 7.11 Å². The summed E-state index contributed by atoms with van der Waals surface area (Å²) in [6.45, 7) is 6.07. The van der Waals surface area contributed by atoms with Crippen molar-refractivity contribution in [3.05, 3.63) is 29.3 Å². The number of piperidine rings is 1. The molecule has 0 unspecified atom stereocenters. The number of hydrogen-bond donors (Lipinski definition) is 0. The molecule has 2 atom stereocenters. The molecule has 1 aromatic carbocycles. The Morgan fingerprint density at radius 2 is 2.28 bits per heavy atom. The molecular weight excluding hydrogens is 222 g/mol. The molecule has 1 aliphatic heterocycles. The smallest absolute Gasteiger partial charge is 0.122 e. The Morgan fingerprint density at radius 1 is 1.39 bits per heavy atom. The lowest BCUT2D eigenvalue weighted by molar-refractivity contribution is 0.162. The van der Waals surface area contributed by atoms with Gasteiger partial charge >= 0.3 is 0 Å². The minimum Gasteiger partial charge on any atom is -0.496 e. The van der Waals surface area contributed by atoms with Gasteiger partial charge in [0.1, 0.15) is 5.75 Å². The van der Waals surface area contributed by atoms with Crippen LogP contribution in [0.25, 0.3) is 0 Å². The van der Waals surface area contributed by atoms with E-state index < -0.39 is 0 Å². The van der Waals surface area contributed by atoms with Crippen LogP contribution >= 0.6 is 0 Å². The maximum Gasteiger partial charge on any atom is 0.122 e. The van der Waals surface area contributed by atoms with Crippen molar-refractivity contribution in [2.45, 2.75) is 32.1 Å². The highest BCUT2D eigenvalue weighted by Crippen LogP contribution is 2.46. The first-order chi connectivity index (χ1) is 8.83. The normalized spacial score (nSPS) is 26.8. The zero-order valence-electron chi connectivity index (χ0n) is 11.5. The van der Waals surface area contributed by atoms with Crippen molar-refractivity contribution >= 4 is 0 Å². The lowest BCUT2D eigenvalue weighted by atomic mass is 9.85. The number of benzene rings is 1. The summed E-state index contributed by atoms with van der Waals surface area (Å²) in [5, 5.41) is 0. The lowest BCUT2D eigenvalue weighted by Crippen LogP contribution is -2.38. The maximum atomic E-state index is 5.57. The standard InChI is InChI=1S/C16H23NO/c1-3-8-17-9-7-14-13(11-17)10-12-5-4-6-15(18-2)16(12)14/h4-6,13-14H,3,7-11H2,1-2H3/t13-,14+/m1/s1. The fourth-order valence-corrected chi connectivity index (χ4v) is 3.86. The Balaban J connectivity index is 1.83. The van der Waals surface area contributed by atoms with E-state index >= 15 is 0 Å². The molecule has 18 heavy (non-hydrogen) atoms. The van der Waals surface area contributed by atoms with Gasteiger partial charge in [-0.3, -0.25) is 0 Å². The van der Waals surface area contributed by atoms with E-state index in [0.717, 1.165) is 17.6 Å². The summed E-state index contributed by atoms with van der Waals surface area (Å²) in [7, 11) is 1.80. The van der Waals surface area contributed by atoms with Crippen molar-refractivity contribution in [2.75, 3.05) is 26.7 Å². The largest absolute Gasteiger partial charge is 0.496 e. The predicted molar refractivity (Wildman–Crippen MR) is 74.3 cm³/mol. The Hall–Kier alpha value is -1.02. The van der Waals surface area contributed by atoms with E-state index in [2.05, 4.69) is 30.0 Å². The minimum atomic E-state index is 0.740. The first-order valence-corrected chi connectivity index (χ1v) is 7.21. The van der Waals surface area contributed by atoms with Gasteiger partial charge in [-0.15, -0.1) is 0 Å². The van der Waals surface area contributed by atoms with E-state index in [1.807, 2.05) is 0 Å². The highest BCUT2D eigenvalue weighted by atomic mass is 16.5. The van der Waals surface area contributed by atoms with Gasteiger partial charge in [-0.05, 0) is 55.8 Å². The number of ether oxygens (including phenoxy) is 1. The Bertz CT molecular complexity index is 429. The molecule has 3 rings (SSSR count). The van der Waals surface area contributed by atoms with Crippen LogP contribution in [0.3, 0.4) is 0 Å². The average Bonchev–Trinajstić information content (AvgIpc) is 2.76. The second-order valence-corrected chi connectivity index (χ2v) is 5.69. The number of hydrogen-bond acceptors (Lipinski definition) is 2. The van der Waals surface area contributed by atoms with Gasteiger partial charge < -0.3 is 9.64 Å². The van der Waals surface area contributed by atoms with Crippen molar-refractivity contribution in [1.29, 1.82) is 0 Å². The van der Waals surface area contributed by atoms with Gasteiger partial charge in [-0.1, -0.05) is 19.1 Å². The van der Waals surface area contributed by atoms with E-state index in [1.54, 1.807) is 7.11 Å². The van der Waals surface area contributed by atoms with Crippen LogP contribution in [-0.4, -0.2) is 31.6 Å². The third-order valence-electron chi connectivity index (χ3n) is 4.59. The maximum absolute atomic E-state index is 5.57. The molecule has 0 saturated carbocycles. The summed E-state index contributed by atoms with van der Waals surface area (Å²) in [5.41, 5.74) is 3.05. The summed E-state index contributed by atoms with van der Waals surface area (Å²) in [4.78, 5) is 2.64. The van der Waals surface area contributed by atoms with Crippen molar-refractivity contribution in [3.63, 3.8) is 0 Å². The van der Waals surface area contributed by atoms with E-state index in [4.69, 9.17) is 4.74 Å². The number of fused-ring (bicyclic) bond motifs is 3. The molecule has 0 amide bonds. The number of rotatable bonds is 3. The zero-order valence-corrected chi connectivity index (χ0v) is 11.5. The molecule has 0 aromatic heterocycles. The Morgan fingerprint density at radius 3 is 3.06 bits per heavy atom. The minimum absolute atomic E-state index is 0.740. The molecule has 1 saturated heterocycles. The second kappa shape index (κ2) is 4.93. The van der Waals surface area contributed by atoms with Crippen molar-refractivity contribution < 1.29 is 4.74 Å². The summed E-state index contributed by atoms with van der Waals surface area (Å²) in [5.74, 6) is 2.67. The van der Waals surface area contributed by atoms with E-state index in [9.17, 15) is 0 Å². The molecule has 98 valence electrons.